The minimum Gasteiger partial charge on any atom is -0.393 e. The fourth-order valence-corrected chi connectivity index (χ4v) is 1.51. The fraction of sp³-hybridized carbons (Fsp3) is 0.400. The van der Waals surface area contributed by atoms with Crippen molar-refractivity contribution in [1.29, 1.82) is 0 Å². The maximum Gasteiger partial charge on any atom is 0.315 e. The number of rotatable bonds is 4. The molecule has 15 heavy (non-hydrogen) atoms. The second-order valence-corrected chi connectivity index (χ2v) is 3.39. The van der Waals surface area contributed by atoms with Crippen LogP contribution in [0.3, 0.4) is 0 Å². The van der Waals surface area contributed by atoms with Gasteiger partial charge in [-0.3, -0.25) is 10.1 Å². The summed E-state index contributed by atoms with van der Waals surface area (Å²) < 4.78 is 0. The van der Waals surface area contributed by atoms with Crippen LogP contribution in [0.1, 0.15) is 13.3 Å². The molecular formula is C10H15N3O2. The molecule has 0 aliphatic heterocycles. The first-order valence-corrected chi connectivity index (χ1v) is 4.82. The molecule has 1 rings (SSSR count). The second kappa shape index (κ2) is 4.63. The lowest BCUT2D eigenvalue weighted by Crippen LogP contribution is -2.19. The topological polar surface area (TPSA) is 72.4 Å². The van der Waals surface area contributed by atoms with Crippen molar-refractivity contribution in [1.82, 2.24) is 0 Å². The lowest BCUT2D eigenvalue weighted by molar-refractivity contribution is -0.383. The van der Waals surface area contributed by atoms with Crippen molar-refractivity contribution in [2.75, 3.05) is 24.2 Å². The number of hydrogen-bond acceptors (Lipinski definition) is 4. The Labute approximate surface area is 88.6 Å². The van der Waals surface area contributed by atoms with Gasteiger partial charge in [-0.25, -0.2) is 0 Å². The van der Waals surface area contributed by atoms with Gasteiger partial charge < -0.3 is 10.6 Å². The third-order valence-corrected chi connectivity index (χ3v) is 2.20. The standard InChI is InChI=1S/C10H15N3O2/c1-3-7-12(2)9-6-4-5-8(11)10(9)13(14)15/h4-6H,3,7,11H2,1-2H3. The highest BCUT2D eigenvalue weighted by atomic mass is 16.6. The van der Waals surface area contributed by atoms with Crippen LogP contribution in [0.4, 0.5) is 17.1 Å². The minimum atomic E-state index is -0.434. The van der Waals surface area contributed by atoms with E-state index in [4.69, 9.17) is 5.73 Å². The van der Waals surface area contributed by atoms with Gasteiger partial charge in [0.1, 0.15) is 11.4 Å². The predicted molar refractivity (Wildman–Crippen MR) is 61.1 cm³/mol. The van der Waals surface area contributed by atoms with Crippen LogP contribution in [0, 0.1) is 10.1 Å². The van der Waals surface area contributed by atoms with Gasteiger partial charge in [0, 0.05) is 13.6 Å². The number of nitrogens with two attached hydrogens (primary N) is 1. The van der Waals surface area contributed by atoms with E-state index >= 15 is 0 Å². The second-order valence-electron chi connectivity index (χ2n) is 3.39. The molecule has 5 nitrogen and oxygen atoms in total. The molecule has 0 aliphatic rings. The van der Waals surface area contributed by atoms with Crippen LogP contribution in [-0.2, 0) is 0 Å². The molecule has 1 aromatic carbocycles. The van der Waals surface area contributed by atoms with E-state index in [9.17, 15) is 10.1 Å². The third kappa shape index (κ3) is 2.37. The molecule has 2 N–H and O–H groups in total. The average Bonchev–Trinajstić information content (AvgIpc) is 2.17. The zero-order chi connectivity index (χ0) is 11.4. The van der Waals surface area contributed by atoms with E-state index in [0.29, 0.717) is 5.69 Å². The highest BCUT2D eigenvalue weighted by Crippen LogP contribution is 2.32. The lowest BCUT2D eigenvalue weighted by Gasteiger charge is -2.18. The maximum absolute atomic E-state index is 10.9. The third-order valence-electron chi connectivity index (χ3n) is 2.20. The van der Waals surface area contributed by atoms with Crippen LogP contribution in [0.5, 0.6) is 0 Å². The van der Waals surface area contributed by atoms with Crippen molar-refractivity contribution < 1.29 is 4.92 Å². The van der Waals surface area contributed by atoms with Gasteiger partial charge in [-0.1, -0.05) is 13.0 Å². The van der Waals surface area contributed by atoms with E-state index in [1.165, 1.54) is 0 Å². The zero-order valence-corrected chi connectivity index (χ0v) is 8.93. The summed E-state index contributed by atoms with van der Waals surface area (Å²) >= 11 is 0. The Morgan fingerprint density at radius 2 is 2.20 bits per heavy atom. The van der Waals surface area contributed by atoms with Crippen molar-refractivity contribution in [3.05, 3.63) is 28.3 Å². The number of para-hydroxylation sites is 1. The molecule has 82 valence electrons. The Bertz CT molecular complexity index is 366. The molecule has 1 aromatic rings. The molecule has 0 unspecified atom stereocenters. The first kappa shape index (κ1) is 11.3. The normalized spacial score (nSPS) is 10.0. The van der Waals surface area contributed by atoms with Crippen LogP contribution in [0.15, 0.2) is 18.2 Å². The molecule has 0 amide bonds. The largest absolute Gasteiger partial charge is 0.393 e. The molecule has 0 aromatic heterocycles. The van der Waals surface area contributed by atoms with Crippen LogP contribution in [-0.4, -0.2) is 18.5 Å². The van der Waals surface area contributed by atoms with Crippen LogP contribution < -0.4 is 10.6 Å². The van der Waals surface area contributed by atoms with Crippen molar-refractivity contribution in [2.45, 2.75) is 13.3 Å². The lowest BCUT2D eigenvalue weighted by atomic mass is 10.2. The maximum atomic E-state index is 10.9. The highest BCUT2D eigenvalue weighted by Gasteiger charge is 2.19. The van der Waals surface area contributed by atoms with Crippen molar-refractivity contribution in [2.24, 2.45) is 0 Å². The number of nitro benzene ring substituents is 1. The molecule has 0 aliphatic carbocycles. The molecule has 0 spiro atoms. The van der Waals surface area contributed by atoms with E-state index in [2.05, 4.69) is 0 Å². The monoisotopic (exact) mass is 209 g/mol. The Balaban J connectivity index is 3.16. The molecule has 5 heteroatoms. The summed E-state index contributed by atoms with van der Waals surface area (Å²) in [6, 6.07) is 4.98. The minimum absolute atomic E-state index is 0.00606. The summed E-state index contributed by atoms with van der Waals surface area (Å²) in [7, 11) is 1.82. The number of benzene rings is 1. The van der Waals surface area contributed by atoms with E-state index < -0.39 is 4.92 Å². The van der Waals surface area contributed by atoms with Gasteiger partial charge in [-0.05, 0) is 18.6 Å². The fourth-order valence-electron chi connectivity index (χ4n) is 1.51. The summed E-state index contributed by atoms with van der Waals surface area (Å²) in [5, 5.41) is 10.9. The molecule has 0 heterocycles. The van der Waals surface area contributed by atoms with Crippen molar-refractivity contribution in [3.63, 3.8) is 0 Å². The molecule has 0 saturated heterocycles. The summed E-state index contributed by atoms with van der Waals surface area (Å²) in [6.07, 6.45) is 0.933. The first-order chi connectivity index (χ1) is 7.07. The van der Waals surface area contributed by atoms with E-state index in [0.717, 1.165) is 13.0 Å². The van der Waals surface area contributed by atoms with Gasteiger partial charge in [-0.2, -0.15) is 0 Å². The molecule has 0 bridgehead atoms. The van der Waals surface area contributed by atoms with Gasteiger partial charge in [0.15, 0.2) is 0 Å². The summed E-state index contributed by atoms with van der Waals surface area (Å²) in [5.41, 5.74) is 6.36. The Hall–Kier alpha value is -1.78. The van der Waals surface area contributed by atoms with Gasteiger partial charge >= 0.3 is 5.69 Å². The Morgan fingerprint density at radius 3 is 2.73 bits per heavy atom. The summed E-state index contributed by atoms with van der Waals surface area (Å²) in [4.78, 5) is 12.3. The van der Waals surface area contributed by atoms with Gasteiger partial charge in [-0.15, -0.1) is 0 Å². The molecule has 0 atom stereocenters. The van der Waals surface area contributed by atoms with E-state index in [1.54, 1.807) is 18.2 Å². The van der Waals surface area contributed by atoms with Crippen LogP contribution >= 0.6 is 0 Å². The number of nitrogens with zero attached hydrogens (tertiary/aromatic N) is 2. The van der Waals surface area contributed by atoms with Crippen molar-refractivity contribution in [3.8, 4) is 0 Å². The van der Waals surface area contributed by atoms with Gasteiger partial charge in [0.2, 0.25) is 0 Å². The number of nitrogen functional groups attached to an aromatic ring is 1. The Kier molecular flexibility index (Phi) is 3.49. The molecule has 0 saturated carbocycles. The zero-order valence-electron chi connectivity index (χ0n) is 8.93. The smallest absolute Gasteiger partial charge is 0.315 e. The average molecular weight is 209 g/mol. The molecule has 0 radical (unpaired) electrons. The molecular weight excluding hydrogens is 194 g/mol. The van der Waals surface area contributed by atoms with Crippen LogP contribution in [0.2, 0.25) is 0 Å². The number of anilines is 2. The van der Waals surface area contributed by atoms with Gasteiger partial charge in [0.05, 0.1) is 4.92 Å². The number of hydrogen-bond donors (Lipinski definition) is 1. The number of nitro groups is 1. The first-order valence-electron chi connectivity index (χ1n) is 4.82. The van der Waals surface area contributed by atoms with Crippen molar-refractivity contribution >= 4 is 17.1 Å². The summed E-state index contributed by atoms with van der Waals surface area (Å²) in [5.74, 6) is 0. The summed E-state index contributed by atoms with van der Waals surface area (Å²) in [6.45, 7) is 2.79. The van der Waals surface area contributed by atoms with Crippen LogP contribution in [0.25, 0.3) is 0 Å². The Morgan fingerprint density at radius 1 is 1.53 bits per heavy atom. The predicted octanol–water partition coefficient (Wildman–Crippen LogP) is 2.02. The quantitative estimate of drug-likeness (QED) is 0.467. The van der Waals surface area contributed by atoms with Gasteiger partial charge in [0.25, 0.3) is 0 Å². The van der Waals surface area contributed by atoms with E-state index in [-0.39, 0.29) is 11.4 Å². The SMILES string of the molecule is CCCN(C)c1cccc(N)c1[N+](=O)[O-]. The highest BCUT2D eigenvalue weighted by molar-refractivity contribution is 5.75. The van der Waals surface area contributed by atoms with E-state index in [1.807, 2.05) is 18.9 Å². The molecule has 0 fully saturated rings.